The number of carbonyl (C=O) groups excluding carboxylic acids is 1. The highest BCUT2D eigenvalue weighted by atomic mass is 35.5. The molecule has 1 aromatic rings. The fourth-order valence-electron chi connectivity index (χ4n) is 1.90. The van der Waals surface area contributed by atoms with E-state index in [9.17, 15) is 4.79 Å². The maximum atomic E-state index is 12.4. The molecule has 5 nitrogen and oxygen atoms in total. The van der Waals surface area contributed by atoms with E-state index in [2.05, 4.69) is 15.2 Å². The summed E-state index contributed by atoms with van der Waals surface area (Å²) in [6, 6.07) is 1.66. The monoisotopic (exact) mass is 298 g/mol. The van der Waals surface area contributed by atoms with Crippen LogP contribution in [0.25, 0.3) is 0 Å². The summed E-state index contributed by atoms with van der Waals surface area (Å²) < 4.78 is 0. The van der Waals surface area contributed by atoms with Crippen molar-refractivity contribution in [2.45, 2.75) is 13.3 Å². The highest BCUT2D eigenvalue weighted by molar-refractivity contribution is 6.33. The van der Waals surface area contributed by atoms with Gasteiger partial charge in [-0.3, -0.25) is 4.79 Å². The van der Waals surface area contributed by atoms with Crippen molar-refractivity contribution in [1.29, 1.82) is 0 Å². The van der Waals surface area contributed by atoms with Crippen LogP contribution in [0, 0.1) is 0 Å². The summed E-state index contributed by atoms with van der Waals surface area (Å²) in [4.78, 5) is 20.5. The lowest BCUT2D eigenvalue weighted by atomic mass is 10.2. The predicted molar refractivity (Wildman–Crippen MR) is 83.5 cm³/mol. The molecule has 1 heterocycles. The number of nitrogens with one attached hydrogen (secondary N) is 1. The first kappa shape index (κ1) is 16.7. The van der Waals surface area contributed by atoms with Gasteiger partial charge in [0.15, 0.2) is 0 Å². The van der Waals surface area contributed by atoms with Crippen LogP contribution in [0.4, 0.5) is 5.82 Å². The van der Waals surface area contributed by atoms with Gasteiger partial charge >= 0.3 is 0 Å². The van der Waals surface area contributed by atoms with Gasteiger partial charge in [-0.1, -0.05) is 11.6 Å². The Morgan fingerprint density at radius 2 is 2.10 bits per heavy atom. The van der Waals surface area contributed by atoms with Crippen LogP contribution in [0.5, 0.6) is 0 Å². The number of aromatic nitrogens is 1. The summed E-state index contributed by atoms with van der Waals surface area (Å²) in [6.07, 6.45) is 2.51. The van der Waals surface area contributed by atoms with Crippen LogP contribution in [-0.4, -0.2) is 61.5 Å². The number of rotatable bonds is 7. The Kier molecular flexibility index (Phi) is 6.75. The fraction of sp³-hybridized carbons (Fsp3) is 0.571. The van der Waals surface area contributed by atoms with Gasteiger partial charge in [0.25, 0.3) is 5.91 Å². The van der Waals surface area contributed by atoms with E-state index in [4.69, 9.17) is 11.6 Å². The smallest absolute Gasteiger partial charge is 0.255 e. The van der Waals surface area contributed by atoms with Gasteiger partial charge in [-0.2, -0.15) is 0 Å². The molecule has 0 unspecified atom stereocenters. The number of hydrogen-bond donors (Lipinski definition) is 1. The Morgan fingerprint density at radius 3 is 2.60 bits per heavy atom. The first-order valence-electron chi connectivity index (χ1n) is 6.76. The number of nitrogens with zero attached hydrogens (tertiary/aromatic N) is 3. The largest absolute Gasteiger partial charge is 0.372 e. The molecule has 0 saturated heterocycles. The van der Waals surface area contributed by atoms with Crippen LogP contribution in [0.3, 0.4) is 0 Å². The SMILES string of the molecule is CCN(CCCN(C)C)C(=O)c1cnc(NC)c(Cl)c1. The minimum atomic E-state index is -0.0247. The van der Waals surface area contributed by atoms with E-state index in [1.165, 1.54) is 0 Å². The third-order valence-corrected chi connectivity index (χ3v) is 3.32. The van der Waals surface area contributed by atoms with Crippen LogP contribution >= 0.6 is 11.6 Å². The van der Waals surface area contributed by atoms with Crippen molar-refractivity contribution in [3.05, 3.63) is 22.8 Å². The second kappa shape index (κ2) is 8.07. The van der Waals surface area contributed by atoms with E-state index in [-0.39, 0.29) is 5.91 Å². The summed E-state index contributed by atoms with van der Waals surface area (Å²) in [5.41, 5.74) is 0.528. The lowest BCUT2D eigenvalue weighted by molar-refractivity contribution is 0.0759. The van der Waals surface area contributed by atoms with Gasteiger partial charge in [-0.15, -0.1) is 0 Å². The number of pyridine rings is 1. The van der Waals surface area contributed by atoms with Crippen LogP contribution < -0.4 is 5.32 Å². The summed E-state index contributed by atoms with van der Waals surface area (Å²) in [7, 11) is 5.80. The van der Waals surface area contributed by atoms with Gasteiger partial charge < -0.3 is 15.1 Å². The quantitative estimate of drug-likeness (QED) is 0.838. The summed E-state index contributed by atoms with van der Waals surface area (Å²) in [5, 5.41) is 3.34. The molecule has 6 heteroatoms. The van der Waals surface area contributed by atoms with Gasteiger partial charge in [0.1, 0.15) is 5.82 Å². The van der Waals surface area contributed by atoms with Gasteiger partial charge in [-0.25, -0.2) is 4.98 Å². The number of halogens is 1. The second-order valence-corrected chi connectivity index (χ2v) is 5.25. The van der Waals surface area contributed by atoms with Gasteiger partial charge in [0.2, 0.25) is 0 Å². The summed E-state index contributed by atoms with van der Waals surface area (Å²) in [6.45, 7) is 4.35. The van der Waals surface area contributed by atoms with Crippen molar-refractivity contribution in [2.75, 3.05) is 46.1 Å². The maximum absolute atomic E-state index is 12.4. The molecule has 112 valence electrons. The van der Waals surface area contributed by atoms with Gasteiger partial charge in [-0.05, 0) is 40.1 Å². The minimum Gasteiger partial charge on any atom is -0.372 e. The van der Waals surface area contributed by atoms with Crippen molar-refractivity contribution in [3.8, 4) is 0 Å². The molecule has 1 N–H and O–H groups in total. The summed E-state index contributed by atoms with van der Waals surface area (Å²) in [5.74, 6) is 0.558. The van der Waals surface area contributed by atoms with E-state index in [0.717, 1.165) is 19.5 Å². The maximum Gasteiger partial charge on any atom is 0.255 e. The number of anilines is 1. The first-order chi connectivity index (χ1) is 9.49. The molecule has 0 aromatic carbocycles. The second-order valence-electron chi connectivity index (χ2n) is 4.85. The molecule has 1 amide bonds. The molecule has 0 saturated carbocycles. The average Bonchev–Trinajstić information content (AvgIpc) is 2.42. The van der Waals surface area contributed by atoms with Crippen molar-refractivity contribution in [2.24, 2.45) is 0 Å². The highest BCUT2D eigenvalue weighted by Crippen LogP contribution is 2.20. The zero-order chi connectivity index (χ0) is 15.1. The lowest BCUT2D eigenvalue weighted by Gasteiger charge is -2.22. The van der Waals surface area contributed by atoms with E-state index in [1.54, 1.807) is 19.3 Å². The van der Waals surface area contributed by atoms with E-state index in [0.29, 0.717) is 22.9 Å². The Bertz CT molecular complexity index is 451. The molecule has 0 atom stereocenters. The van der Waals surface area contributed by atoms with Crippen molar-refractivity contribution < 1.29 is 4.79 Å². The van der Waals surface area contributed by atoms with Crippen LogP contribution in [0.1, 0.15) is 23.7 Å². The Hall–Kier alpha value is -1.33. The molecule has 20 heavy (non-hydrogen) atoms. The topological polar surface area (TPSA) is 48.5 Å². The molecule has 0 aliphatic heterocycles. The Morgan fingerprint density at radius 1 is 1.40 bits per heavy atom. The Labute approximate surface area is 125 Å². The standard InChI is InChI=1S/C14H23ClN4O/c1-5-19(8-6-7-18(3)4)14(20)11-9-12(15)13(16-2)17-10-11/h9-10H,5-8H2,1-4H3,(H,16,17). The van der Waals surface area contributed by atoms with Crippen molar-refractivity contribution in [3.63, 3.8) is 0 Å². The fourth-order valence-corrected chi connectivity index (χ4v) is 2.16. The zero-order valence-corrected chi connectivity index (χ0v) is 13.4. The van der Waals surface area contributed by atoms with Crippen LogP contribution in [-0.2, 0) is 0 Å². The number of carbonyl (C=O) groups is 1. The van der Waals surface area contributed by atoms with Crippen LogP contribution in [0.15, 0.2) is 12.3 Å². The lowest BCUT2D eigenvalue weighted by Crippen LogP contribution is -2.33. The molecule has 0 spiro atoms. The zero-order valence-electron chi connectivity index (χ0n) is 12.6. The average molecular weight is 299 g/mol. The van der Waals surface area contributed by atoms with Gasteiger partial charge in [0.05, 0.1) is 10.6 Å². The number of amides is 1. The van der Waals surface area contributed by atoms with E-state index < -0.39 is 0 Å². The van der Waals surface area contributed by atoms with Crippen molar-refractivity contribution >= 4 is 23.3 Å². The molecule has 1 aromatic heterocycles. The Balaban J connectivity index is 2.72. The van der Waals surface area contributed by atoms with Crippen LogP contribution in [0.2, 0.25) is 5.02 Å². The van der Waals surface area contributed by atoms with Crippen molar-refractivity contribution in [1.82, 2.24) is 14.8 Å². The third-order valence-electron chi connectivity index (χ3n) is 3.03. The van der Waals surface area contributed by atoms with E-state index in [1.807, 2.05) is 25.9 Å². The number of hydrogen-bond acceptors (Lipinski definition) is 4. The van der Waals surface area contributed by atoms with Gasteiger partial charge in [0, 0.05) is 26.3 Å². The third kappa shape index (κ3) is 4.65. The molecule has 0 radical (unpaired) electrons. The molecule has 0 fully saturated rings. The molecule has 1 rings (SSSR count). The summed E-state index contributed by atoms with van der Waals surface area (Å²) >= 11 is 6.06. The molecular formula is C14H23ClN4O. The molecule has 0 bridgehead atoms. The molecule has 0 aliphatic carbocycles. The molecule has 0 aliphatic rings. The minimum absolute atomic E-state index is 0.0247. The highest BCUT2D eigenvalue weighted by Gasteiger charge is 2.15. The predicted octanol–water partition coefficient (Wildman–Crippen LogP) is 2.19. The normalized spacial score (nSPS) is 10.7. The first-order valence-corrected chi connectivity index (χ1v) is 7.14. The molecular weight excluding hydrogens is 276 g/mol. The van der Waals surface area contributed by atoms with E-state index >= 15 is 0 Å².